The minimum Gasteiger partial charge on any atom is -0.307 e. The first-order chi connectivity index (χ1) is 22.7. The lowest BCUT2D eigenvalue weighted by Crippen LogP contribution is -1.99. The van der Waals surface area contributed by atoms with Crippen molar-refractivity contribution in [3.63, 3.8) is 0 Å². The van der Waals surface area contributed by atoms with E-state index in [4.69, 9.17) is 0 Å². The van der Waals surface area contributed by atoms with Crippen molar-refractivity contribution in [2.45, 2.75) is 0 Å². The van der Waals surface area contributed by atoms with Gasteiger partial charge in [0.1, 0.15) is 0 Å². The zero-order valence-corrected chi connectivity index (χ0v) is 24.6. The number of nitrogens with zero attached hydrogens (tertiary/aromatic N) is 4. The van der Waals surface area contributed by atoms with Gasteiger partial charge in [-0.1, -0.05) is 97.1 Å². The Morgan fingerprint density at radius 1 is 0.413 bits per heavy atom. The fourth-order valence-corrected chi connectivity index (χ4v) is 7.20. The SMILES string of the molecule is N#Cc1cccc(C#N)c1-c1cccc(-n2c3ccccc3c3ccc4c5ccccc5n(-c5ccc6ccccc6c5)c4c32)c1. The second-order valence-electron chi connectivity index (χ2n) is 11.6. The molecule has 2 heterocycles. The monoisotopic (exact) mass is 584 g/mol. The summed E-state index contributed by atoms with van der Waals surface area (Å²) in [5.41, 5.74) is 8.99. The predicted molar refractivity (Wildman–Crippen MR) is 187 cm³/mol. The van der Waals surface area contributed by atoms with Gasteiger partial charge in [0.2, 0.25) is 0 Å². The van der Waals surface area contributed by atoms with E-state index in [1.165, 1.54) is 21.5 Å². The average molecular weight is 585 g/mol. The molecule has 46 heavy (non-hydrogen) atoms. The number of fused-ring (bicyclic) bond motifs is 8. The minimum absolute atomic E-state index is 0.484. The maximum Gasteiger partial charge on any atom is 0.0998 e. The van der Waals surface area contributed by atoms with E-state index in [2.05, 4.69) is 137 Å². The highest BCUT2D eigenvalue weighted by Gasteiger charge is 2.21. The Hall–Kier alpha value is -6.62. The van der Waals surface area contributed by atoms with Gasteiger partial charge in [0.25, 0.3) is 0 Å². The molecular weight excluding hydrogens is 560 g/mol. The van der Waals surface area contributed by atoms with Crippen LogP contribution in [0.1, 0.15) is 11.1 Å². The molecular formula is C42H24N4. The summed E-state index contributed by atoms with van der Waals surface area (Å²) in [5, 5.41) is 27.0. The van der Waals surface area contributed by atoms with Crippen LogP contribution in [0.5, 0.6) is 0 Å². The van der Waals surface area contributed by atoms with E-state index in [1.54, 1.807) is 18.2 Å². The molecule has 4 nitrogen and oxygen atoms in total. The number of hydrogen-bond acceptors (Lipinski definition) is 2. The molecule has 0 radical (unpaired) electrons. The van der Waals surface area contributed by atoms with Crippen LogP contribution in [0, 0.1) is 22.7 Å². The van der Waals surface area contributed by atoms with Crippen molar-refractivity contribution in [2.75, 3.05) is 0 Å². The summed E-state index contributed by atoms with van der Waals surface area (Å²) >= 11 is 0. The van der Waals surface area contributed by atoms with Crippen LogP contribution in [-0.4, -0.2) is 9.13 Å². The lowest BCUT2D eigenvalue weighted by molar-refractivity contribution is 1.15. The quantitative estimate of drug-likeness (QED) is 0.207. The zero-order valence-electron chi connectivity index (χ0n) is 24.6. The molecule has 7 aromatic carbocycles. The van der Waals surface area contributed by atoms with E-state index in [0.29, 0.717) is 16.7 Å². The Balaban J connectivity index is 1.44. The average Bonchev–Trinajstić information content (AvgIpc) is 3.64. The first-order valence-corrected chi connectivity index (χ1v) is 15.2. The molecule has 0 saturated heterocycles. The van der Waals surface area contributed by atoms with Crippen molar-refractivity contribution < 1.29 is 0 Å². The van der Waals surface area contributed by atoms with Gasteiger partial charge < -0.3 is 9.13 Å². The van der Waals surface area contributed by atoms with Gasteiger partial charge in [-0.05, 0) is 64.9 Å². The van der Waals surface area contributed by atoms with E-state index in [1.807, 2.05) is 12.1 Å². The van der Waals surface area contributed by atoms with Crippen LogP contribution in [0.4, 0.5) is 0 Å². The van der Waals surface area contributed by atoms with Crippen molar-refractivity contribution in [1.29, 1.82) is 10.5 Å². The Morgan fingerprint density at radius 2 is 0.957 bits per heavy atom. The number of benzene rings is 7. The Bertz CT molecular complexity index is 2750. The summed E-state index contributed by atoms with van der Waals surface area (Å²) in [6.45, 7) is 0. The molecule has 0 atom stereocenters. The number of nitriles is 2. The first kappa shape index (κ1) is 25.8. The minimum atomic E-state index is 0.484. The summed E-state index contributed by atoms with van der Waals surface area (Å²) < 4.78 is 4.74. The second kappa shape index (κ2) is 9.96. The van der Waals surface area contributed by atoms with Crippen LogP contribution in [-0.2, 0) is 0 Å². The summed E-state index contributed by atoms with van der Waals surface area (Å²) in [7, 11) is 0. The molecule has 0 amide bonds. The number of rotatable bonds is 3. The molecule has 4 heteroatoms. The third-order valence-electron chi connectivity index (χ3n) is 9.16. The van der Waals surface area contributed by atoms with Crippen LogP contribution in [0.25, 0.3) is 76.9 Å². The predicted octanol–water partition coefficient (Wildman–Crippen LogP) is 10.4. The number of para-hydroxylation sites is 2. The lowest BCUT2D eigenvalue weighted by Gasteiger charge is -2.14. The van der Waals surface area contributed by atoms with E-state index in [-0.39, 0.29) is 0 Å². The molecule has 0 aliphatic carbocycles. The summed E-state index contributed by atoms with van der Waals surface area (Å²) in [6.07, 6.45) is 0. The van der Waals surface area contributed by atoms with Gasteiger partial charge in [-0.25, -0.2) is 0 Å². The van der Waals surface area contributed by atoms with Crippen molar-refractivity contribution in [1.82, 2.24) is 9.13 Å². The molecule has 0 spiro atoms. The Kier molecular flexibility index (Phi) is 5.59. The van der Waals surface area contributed by atoms with Gasteiger partial charge in [-0.2, -0.15) is 10.5 Å². The summed E-state index contributed by atoms with van der Waals surface area (Å²) in [5.74, 6) is 0. The van der Waals surface area contributed by atoms with E-state index < -0.39 is 0 Å². The van der Waals surface area contributed by atoms with E-state index in [9.17, 15) is 10.5 Å². The van der Waals surface area contributed by atoms with Gasteiger partial charge in [0.15, 0.2) is 0 Å². The summed E-state index contributed by atoms with van der Waals surface area (Å²) in [4.78, 5) is 0. The molecule has 2 aromatic heterocycles. The molecule has 212 valence electrons. The molecule has 0 saturated carbocycles. The van der Waals surface area contributed by atoms with Crippen molar-refractivity contribution in [2.24, 2.45) is 0 Å². The molecule has 9 aromatic rings. The van der Waals surface area contributed by atoms with Crippen LogP contribution in [0.3, 0.4) is 0 Å². The standard InChI is InChI=1S/C42H24N4/c43-25-30-12-7-13-31(26-44)40(30)29-11-8-14-32(24-29)45-38-17-5-3-15-34(38)36-21-22-37-35-16-4-6-18-39(35)46(42(37)41(36)45)33-20-19-27-9-1-2-10-28(27)23-33/h1-24H. The highest BCUT2D eigenvalue weighted by Crippen LogP contribution is 2.42. The third kappa shape index (κ3) is 3.65. The van der Waals surface area contributed by atoms with Gasteiger partial charge in [0.05, 0.1) is 45.3 Å². The normalized spacial score (nSPS) is 11.4. The number of hydrogen-bond donors (Lipinski definition) is 0. The lowest BCUT2D eigenvalue weighted by atomic mass is 9.95. The first-order valence-electron chi connectivity index (χ1n) is 15.2. The van der Waals surface area contributed by atoms with Crippen molar-refractivity contribution in [3.8, 4) is 34.6 Å². The fourth-order valence-electron chi connectivity index (χ4n) is 7.20. The van der Waals surface area contributed by atoms with Crippen molar-refractivity contribution in [3.05, 3.63) is 157 Å². The van der Waals surface area contributed by atoms with Crippen LogP contribution in [0.15, 0.2) is 146 Å². The smallest absolute Gasteiger partial charge is 0.0998 e. The maximum atomic E-state index is 9.96. The second-order valence-corrected chi connectivity index (χ2v) is 11.6. The molecule has 0 aliphatic heterocycles. The largest absolute Gasteiger partial charge is 0.307 e. The Morgan fingerprint density at radius 3 is 1.59 bits per heavy atom. The van der Waals surface area contributed by atoms with Gasteiger partial charge >= 0.3 is 0 Å². The van der Waals surface area contributed by atoms with Gasteiger partial charge in [-0.15, -0.1) is 0 Å². The van der Waals surface area contributed by atoms with Gasteiger partial charge in [-0.3, -0.25) is 0 Å². The topological polar surface area (TPSA) is 57.4 Å². The molecule has 0 aliphatic rings. The van der Waals surface area contributed by atoms with Crippen LogP contribution < -0.4 is 0 Å². The van der Waals surface area contributed by atoms with Crippen LogP contribution in [0.2, 0.25) is 0 Å². The fraction of sp³-hybridized carbons (Fsp3) is 0. The van der Waals surface area contributed by atoms with Gasteiger partial charge in [0, 0.05) is 38.5 Å². The highest BCUT2D eigenvalue weighted by atomic mass is 15.0. The molecule has 0 bridgehead atoms. The zero-order chi connectivity index (χ0) is 30.8. The summed E-state index contributed by atoms with van der Waals surface area (Å²) in [6, 6.07) is 54.9. The molecule has 0 fully saturated rings. The van der Waals surface area contributed by atoms with Crippen LogP contribution >= 0.6 is 0 Å². The van der Waals surface area contributed by atoms with E-state index in [0.717, 1.165) is 49.8 Å². The number of aromatic nitrogens is 2. The molecule has 0 unspecified atom stereocenters. The molecule has 9 rings (SSSR count). The highest BCUT2D eigenvalue weighted by molar-refractivity contribution is 6.23. The molecule has 0 N–H and O–H groups in total. The Labute approximate surface area is 264 Å². The van der Waals surface area contributed by atoms with Crippen molar-refractivity contribution >= 4 is 54.4 Å². The van der Waals surface area contributed by atoms with E-state index >= 15 is 0 Å². The maximum absolute atomic E-state index is 9.96. The third-order valence-corrected chi connectivity index (χ3v) is 9.16.